The molecule has 2 aromatic rings. The molecular weight excluding hydrogens is 444 g/mol. The molecule has 2 aromatic carbocycles. The summed E-state index contributed by atoms with van der Waals surface area (Å²) in [7, 11) is 0. The van der Waals surface area contributed by atoms with Gasteiger partial charge in [-0.3, -0.25) is 19.3 Å². The molecule has 0 radical (unpaired) electrons. The van der Waals surface area contributed by atoms with Crippen LogP contribution in [0.5, 0.6) is 11.5 Å². The number of ether oxygens (including phenoxy) is 2. The van der Waals surface area contributed by atoms with Gasteiger partial charge in [0.1, 0.15) is 6.04 Å². The molecule has 0 N–H and O–H groups in total. The van der Waals surface area contributed by atoms with Crippen LogP contribution < -0.4 is 9.47 Å². The minimum atomic E-state index is -0.750. The van der Waals surface area contributed by atoms with Crippen molar-refractivity contribution in [1.82, 2.24) is 9.80 Å². The van der Waals surface area contributed by atoms with Gasteiger partial charge in [0.2, 0.25) is 18.6 Å². The third kappa shape index (κ3) is 2.93. The zero-order chi connectivity index (χ0) is 23.7. The van der Waals surface area contributed by atoms with Crippen LogP contribution in [0.2, 0.25) is 0 Å². The lowest BCUT2D eigenvalue weighted by molar-refractivity contribution is -0.144. The van der Waals surface area contributed by atoms with Gasteiger partial charge in [-0.15, -0.1) is 0 Å². The fourth-order valence-electron chi connectivity index (χ4n) is 6.80. The predicted octanol–water partition coefficient (Wildman–Crippen LogP) is 3.94. The summed E-state index contributed by atoms with van der Waals surface area (Å²) in [5.74, 6) is -0.623. The molecule has 0 unspecified atom stereocenters. The third-order valence-corrected chi connectivity index (χ3v) is 8.36. The van der Waals surface area contributed by atoms with E-state index in [0.29, 0.717) is 17.1 Å². The van der Waals surface area contributed by atoms with E-state index in [9.17, 15) is 14.4 Å². The van der Waals surface area contributed by atoms with Gasteiger partial charge in [-0.25, -0.2) is 0 Å². The van der Waals surface area contributed by atoms with Crippen molar-refractivity contribution in [3.05, 3.63) is 65.4 Å². The van der Waals surface area contributed by atoms with Crippen molar-refractivity contribution in [1.29, 1.82) is 0 Å². The average molecular weight is 471 g/mol. The fourth-order valence-corrected chi connectivity index (χ4v) is 6.80. The molecular formula is C28H26N2O5. The number of fused-ring (bicyclic) bond motifs is 6. The molecule has 7 nitrogen and oxygen atoms in total. The number of Topliss-reactive ketones (excluding diaryl/α,β-unsaturated/α-hetero) is 1. The molecule has 0 aromatic heterocycles. The summed E-state index contributed by atoms with van der Waals surface area (Å²) in [6.45, 7) is 0.123. The van der Waals surface area contributed by atoms with Gasteiger partial charge in [0.05, 0.1) is 17.9 Å². The van der Waals surface area contributed by atoms with Crippen molar-refractivity contribution < 1.29 is 23.9 Å². The molecule has 1 aliphatic carbocycles. The van der Waals surface area contributed by atoms with E-state index in [-0.39, 0.29) is 36.5 Å². The highest BCUT2D eigenvalue weighted by atomic mass is 16.7. The Bertz CT molecular complexity index is 1280. The van der Waals surface area contributed by atoms with E-state index < -0.39 is 17.9 Å². The van der Waals surface area contributed by atoms with Crippen LogP contribution in [0.15, 0.2) is 48.7 Å². The Morgan fingerprint density at radius 3 is 2.51 bits per heavy atom. The lowest BCUT2D eigenvalue weighted by Gasteiger charge is -2.37. The minimum Gasteiger partial charge on any atom is -0.454 e. The van der Waals surface area contributed by atoms with Crippen LogP contribution in [0.1, 0.15) is 59.6 Å². The van der Waals surface area contributed by atoms with Crippen LogP contribution in [0.25, 0.3) is 6.08 Å². The van der Waals surface area contributed by atoms with E-state index in [2.05, 4.69) is 0 Å². The normalized spacial score (nSPS) is 28.8. The number of hydrogen-bond acceptors (Lipinski definition) is 6. The molecule has 35 heavy (non-hydrogen) atoms. The first-order valence-electron chi connectivity index (χ1n) is 12.5. The van der Waals surface area contributed by atoms with Gasteiger partial charge in [-0.05, 0) is 48.2 Å². The number of hydrogen-bond donors (Lipinski definition) is 0. The molecule has 4 atom stereocenters. The summed E-state index contributed by atoms with van der Waals surface area (Å²) in [5, 5.41) is 0. The van der Waals surface area contributed by atoms with Crippen molar-refractivity contribution in [2.75, 3.05) is 6.79 Å². The second-order valence-electron chi connectivity index (χ2n) is 10.1. The largest absolute Gasteiger partial charge is 0.454 e. The maximum Gasteiger partial charge on any atom is 0.236 e. The van der Waals surface area contributed by atoms with Crippen molar-refractivity contribution in [2.24, 2.45) is 11.8 Å². The Morgan fingerprint density at radius 2 is 1.66 bits per heavy atom. The average Bonchev–Trinajstić information content (AvgIpc) is 3.57. The molecule has 2 amide bonds. The van der Waals surface area contributed by atoms with Gasteiger partial charge in [-0.1, -0.05) is 43.5 Å². The van der Waals surface area contributed by atoms with Crippen LogP contribution in [0.4, 0.5) is 0 Å². The number of imide groups is 1. The van der Waals surface area contributed by atoms with E-state index in [1.807, 2.05) is 41.4 Å². The van der Waals surface area contributed by atoms with Crippen molar-refractivity contribution in [3.8, 4) is 11.5 Å². The predicted molar refractivity (Wildman–Crippen MR) is 126 cm³/mol. The molecule has 2 saturated heterocycles. The Kier molecular flexibility index (Phi) is 4.56. The third-order valence-electron chi connectivity index (χ3n) is 8.36. The van der Waals surface area contributed by atoms with E-state index in [0.717, 1.165) is 43.2 Å². The fraction of sp³-hybridized carbons (Fsp3) is 0.393. The highest BCUT2D eigenvalue weighted by molar-refractivity contribution is 6.12. The Morgan fingerprint density at radius 1 is 0.886 bits per heavy atom. The second kappa shape index (κ2) is 7.70. The lowest BCUT2D eigenvalue weighted by atomic mass is 9.83. The van der Waals surface area contributed by atoms with Crippen LogP contribution in [0, 0.1) is 11.8 Å². The number of carbonyl (C=O) groups is 3. The number of ketones is 1. The number of carbonyl (C=O) groups excluding carboxylic acids is 3. The molecule has 178 valence electrons. The molecule has 4 aliphatic heterocycles. The summed E-state index contributed by atoms with van der Waals surface area (Å²) >= 11 is 0. The molecule has 7 rings (SSSR count). The maximum absolute atomic E-state index is 14.0. The highest BCUT2D eigenvalue weighted by Crippen LogP contribution is 2.54. The van der Waals surface area contributed by atoms with Gasteiger partial charge >= 0.3 is 0 Å². The first-order valence-corrected chi connectivity index (χ1v) is 12.5. The summed E-state index contributed by atoms with van der Waals surface area (Å²) in [5.41, 5.74) is 2.49. The van der Waals surface area contributed by atoms with Crippen LogP contribution in [-0.4, -0.2) is 46.3 Å². The van der Waals surface area contributed by atoms with Crippen LogP contribution in [-0.2, 0) is 9.59 Å². The lowest BCUT2D eigenvalue weighted by Crippen LogP contribution is -2.47. The van der Waals surface area contributed by atoms with Gasteiger partial charge in [0.15, 0.2) is 17.3 Å². The molecule has 0 bridgehead atoms. The van der Waals surface area contributed by atoms with Gasteiger partial charge < -0.3 is 14.4 Å². The SMILES string of the molecule is O=C(c1ccc2c(c1)OCO2)[C@@H]1[C@@H]2C(=O)N(C3CCCCC3)C(=O)[C@H]2[C@H]2c3ccccc3C=CN12. The van der Waals surface area contributed by atoms with E-state index in [1.165, 1.54) is 4.90 Å². The zero-order valence-corrected chi connectivity index (χ0v) is 19.3. The summed E-state index contributed by atoms with van der Waals surface area (Å²) < 4.78 is 10.9. The van der Waals surface area contributed by atoms with Crippen molar-refractivity contribution >= 4 is 23.7 Å². The maximum atomic E-state index is 14.0. The summed E-state index contributed by atoms with van der Waals surface area (Å²) in [6, 6.07) is 12.0. The van der Waals surface area contributed by atoms with Gasteiger partial charge in [0, 0.05) is 17.8 Å². The van der Waals surface area contributed by atoms with E-state index in [4.69, 9.17) is 9.47 Å². The minimum absolute atomic E-state index is 0.0570. The zero-order valence-electron chi connectivity index (χ0n) is 19.3. The number of benzene rings is 2. The first kappa shape index (κ1) is 20.7. The smallest absolute Gasteiger partial charge is 0.236 e. The number of nitrogens with zero attached hydrogens (tertiary/aromatic N) is 2. The molecule has 3 fully saturated rings. The number of likely N-dealkylation sites (tertiary alicyclic amines) is 1. The van der Waals surface area contributed by atoms with Crippen LogP contribution >= 0.6 is 0 Å². The van der Waals surface area contributed by atoms with E-state index >= 15 is 0 Å². The Balaban J connectivity index is 1.33. The Hall–Kier alpha value is -3.61. The van der Waals surface area contributed by atoms with E-state index in [1.54, 1.807) is 18.2 Å². The molecule has 7 heteroatoms. The Labute approximate surface area is 203 Å². The number of amides is 2. The molecule has 1 saturated carbocycles. The van der Waals surface area contributed by atoms with Crippen LogP contribution in [0.3, 0.4) is 0 Å². The van der Waals surface area contributed by atoms with Gasteiger partial charge in [-0.2, -0.15) is 0 Å². The second-order valence-corrected chi connectivity index (χ2v) is 10.1. The van der Waals surface area contributed by atoms with Crippen molar-refractivity contribution in [3.63, 3.8) is 0 Å². The first-order chi connectivity index (χ1) is 17.1. The van der Waals surface area contributed by atoms with Crippen molar-refractivity contribution in [2.45, 2.75) is 50.2 Å². The summed E-state index contributed by atoms with van der Waals surface area (Å²) in [6.07, 6.45) is 8.76. The quantitative estimate of drug-likeness (QED) is 0.500. The summed E-state index contributed by atoms with van der Waals surface area (Å²) in [4.78, 5) is 45.4. The highest BCUT2D eigenvalue weighted by Gasteiger charge is 2.65. The molecule has 4 heterocycles. The monoisotopic (exact) mass is 470 g/mol. The van der Waals surface area contributed by atoms with Gasteiger partial charge in [0.25, 0.3) is 0 Å². The molecule has 0 spiro atoms. The molecule has 5 aliphatic rings. The topological polar surface area (TPSA) is 76.1 Å². The number of rotatable bonds is 3. The standard InChI is InChI=1S/C28H26N2O5/c31-26(17-10-11-20-21(14-17)35-15-34-20)25-23-22(24-19-9-5-4-6-16(19)12-13-29(24)25)27(32)30(28(23)33)18-7-2-1-3-8-18/h4-6,9-14,18,22-25H,1-3,7-8,15H2/t22-,23-,24-,25+/m1/s1.